The number of nitrogens with two attached hydrogens (primary N) is 1. The molecule has 1 aromatic heterocycles. The van der Waals surface area contributed by atoms with Gasteiger partial charge in [0.15, 0.2) is 0 Å². The third-order valence-corrected chi connectivity index (χ3v) is 4.78. The first-order valence-electron chi connectivity index (χ1n) is 7.95. The van der Waals surface area contributed by atoms with Crippen LogP contribution in [0.25, 0.3) is 0 Å². The SMILES string of the molecule is NC1CCC(NC2CCCc3c2cnn3CCO)CC1. The van der Waals surface area contributed by atoms with E-state index < -0.39 is 0 Å². The molecule has 1 aromatic rings. The molecule has 20 heavy (non-hydrogen) atoms. The summed E-state index contributed by atoms with van der Waals surface area (Å²) in [6, 6.07) is 1.44. The van der Waals surface area contributed by atoms with Gasteiger partial charge in [-0.2, -0.15) is 5.10 Å². The predicted molar refractivity (Wildman–Crippen MR) is 78.4 cm³/mol. The standard InChI is InChI=1S/C15H26N4O/c16-11-4-6-12(7-5-11)18-14-2-1-3-15-13(14)10-17-19(15)8-9-20/h10-12,14,18,20H,1-9,16H2. The molecule has 0 spiro atoms. The summed E-state index contributed by atoms with van der Waals surface area (Å²) < 4.78 is 1.97. The van der Waals surface area contributed by atoms with Crippen molar-refractivity contribution in [3.63, 3.8) is 0 Å². The smallest absolute Gasteiger partial charge is 0.0644 e. The topological polar surface area (TPSA) is 76.1 Å². The molecule has 0 amide bonds. The summed E-state index contributed by atoms with van der Waals surface area (Å²) in [5.74, 6) is 0. The van der Waals surface area contributed by atoms with Crippen LogP contribution in [0.3, 0.4) is 0 Å². The first-order chi connectivity index (χ1) is 9.78. The second-order valence-corrected chi connectivity index (χ2v) is 6.22. The van der Waals surface area contributed by atoms with Gasteiger partial charge in [0, 0.05) is 29.4 Å². The minimum atomic E-state index is 0.159. The van der Waals surface area contributed by atoms with Gasteiger partial charge in [0.1, 0.15) is 0 Å². The minimum absolute atomic E-state index is 0.159. The lowest BCUT2D eigenvalue weighted by atomic mass is 9.88. The van der Waals surface area contributed by atoms with Crippen molar-refractivity contribution in [2.45, 2.75) is 69.6 Å². The molecule has 1 atom stereocenters. The first kappa shape index (κ1) is 14.0. The molecule has 0 bridgehead atoms. The molecule has 5 nitrogen and oxygen atoms in total. The zero-order valence-corrected chi connectivity index (χ0v) is 12.1. The summed E-state index contributed by atoms with van der Waals surface area (Å²) in [7, 11) is 0. The van der Waals surface area contributed by atoms with Crippen LogP contribution in [-0.4, -0.2) is 33.6 Å². The van der Waals surface area contributed by atoms with E-state index in [9.17, 15) is 0 Å². The van der Waals surface area contributed by atoms with Crippen molar-refractivity contribution < 1.29 is 5.11 Å². The average molecular weight is 278 g/mol. The summed E-state index contributed by atoms with van der Waals surface area (Å²) in [6.45, 7) is 0.771. The highest BCUT2D eigenvalue weighted by molar-refractivity contribution is 5.25. The first-order valence-corrected chi connectivity index (χ1v) is 7.95. The van der Waals surface area contributed by atoms with E-state index in [0.717, 1.165) is 19.3 Å². The molecule has 2 aliphatic rings. The summed E-state index contributed by atoms with van der Waals surface area (Å²) in [4.78, 5) is 0. The molecule has 2 aliphatic carbocycles. The molecule has 3 rings (SSSR count). The Morgan fingerprint density at radius 2 is 2.10 bits per heavy atom. The van der Waals surface area contributed by atoms with E-state index >= 15 is 0 Å². The van der Waals surface area contributed by atoms with Gasteiger partial charge in [-0.05, 0) is 44.9 Å². The van der Waals surface area contributed by atoms with Gasteiger partial charge in [0.05, 0.1) is 19.3 Å². The second kappa shape index (κ2) is 6.24. The monoisotopic (exact) mass is 278 g/mol. The molecule has 5 heteroatoms. The number of aliphatic hydroxyl groups is 1. The average Bonchev–Trinajstić information content (AvgIpc) is 2.86. The van der Waals surface area contributed by atoms with Crippen LogP contribution in [0.2, 0.25) is 0 Å². The molecular formula is C15H26N4O. The highest BCUT2D eigenvalue weighted by Crippen LogP contribution is 2.31. The van der Waals surface area contributed by atoms with Crippen LogP contribution in [0.5, 0.6) is 0 Å². The number of hydrogen-bond acceptors (Lipinski definition) is 4. The van der Waals surface area contributed by atoms with E-state index in [1.165, 1.54) is 36.9 Å². The highest BCUT2D eigenvalue weighted by atomic mass is 16.3. The number of fused-ring (bicyclic) bond motifs is 1. The van der Waals surface area contributed by atoms with Gasteiger partial charge in [-0.15, -0.1) is 0 Å². The minimum Gasteiger partial charge on any atom is -0.394 e. The Hall–Kier alpha value is -0.910. The van der Waals surface area contributed by atoms with E-state index in [0.29, 0.717) is 24.7 Å². The molecule has 1 fully saturated rings. The summed E-state index contributed by atoms with van der Waals surface area (Å²) in [5, 5.41) is 17.4. The quantitative estimate of drug-likeness (QED) is 0.771. The maximum atomic E-state index is 9.10. The summed E-state index contributed by atoms with van der Waals surface area (Å²) in [6.07, 6.45) is 10.1. The molecular weight excluding hydrogens is 252 g/mol. The molecule has 0 radical (unpaired) electrons. The van der Waals surface area contributed by atoms with Crippen LogP contribution >= 0.6 is 0 Å². The molecule has 1 heterocycles. The van der Waals surface area contributed by atoms with Crippen molar-refractivity contribution in [1.29, 1.82) is 0 Å². The van der Waals surface area contributed by atoms with Crippen LogP contribution in [0.4, 0.5) is 0 Å². The fourth-order valence-electron chi connectivity index (χ4n) is 3.65. The highest BCUT2D eigenvalue weighted by Gasteiger charge is 2.27. The van der Waals surface area contributed by atoms with E-state index in [2.05, 4.69) is 10.4 Å². The van der Waals surface area contributed by atoms with Gasteiger partial charge in [0.2, 0.25) is 0 Å². The van der Waals surface area contributed by atoms with Gasteiger partial charge in [-0.1, -0.05) is 0 Å². The Morgan fingerprint density at radius 1 is 1.30 bits per heavy atom. The molecule has 0 aromatic carbocycles. The third kappa shape index (κ3) is 2.90. The lowest BCUT2D eigenvalue weighted by Gasteiger charge is -2.32. The van der Waals surface area contributed by atoms with Crippen molar-refractivity contribution >= 4 is 0 Å². The number of nitrogens with zero attached hydrogens (tertiary/aromatic N) is 2. The fraction of sp³-hybridized carbons (Fsp3) is 0.800. The van der Waals surface area contributed by atoms with Gasteiger partial charge in [0.25, 0.3) is 0 Å². The number of nitrogens with one attached hydrogen (secondary N) is 1. The Bertz CT molecular complexity index is 437. The third-order valence-electron chi connectivity index (χ3n) is 4.78. The Labute approximate surface area is 120 Å². The fourth-order valence-corrected chi connectivity index (χ4v) is 3.65. The van der Waals surface area contributed by atoms with Gasteiger partial charge < -0.3 is 16.2 Å². The van der Waals surface area contributed by atoms with E-state index in [4.69, 9.17) is 10.8 Å². The largest absolute Gasteiger partial charge is 0.394 e. The Kier molecular flexibility index (Phi) is 4.38. The molecule has 0 saturated heterocycles. The Balaban J connectivity index is 1.67. The van der Waals surface area contributed by atoms with Crippen LogP contribution in [0.1, 0.15) is 55.8 Å². The van der Waals surface area contributed by atoms with Crippen molar-refractivity contribution in [3.05, 3.63) is 17.5 Å². The summed E-state index contributed by atoms with van der Waals surface area (Å²) in [5.41, 5.74) is 8.64. The number of rotatable bonds is 4. The van der Waals surface area contributed by atoms with Crippen molar-refractivity contribution in [3.8, 4) is 0 Å². The molecule has 112 valence electrons. The van der Waals surface area contributed by atoms with Gasteiger partial charge in [-0.25, -0.2) is 0 Å². The van der Waals surface area contributed by atoms with Crippen molar-refractivity contribution in [2.24, 2.45) is 5.73 Å². The van der Waals surface area contributed by atoms with Crippen LogP contribution in [0, 0.1) is 0 Å². The van der Waals surface area contributed by atoms with E-state index in [1.54, 1.807) is 0 Å². The Morgan fingerprint density at radius 3 is 2.85 bits per heavy atom. The summed E-state index contributed by atoms with van der Waals surface area (Å²) >= 11 is 0. The van der Waals surface area contributed by atoms with Crippen LogP contribution in [0.15, 0.2) is 6.20 Å². The number of hydrogen-bond donors (Lipinski definition) is 3. The van der Waals surface area contributed by atoms with E-state index in [1.807, 2.05) is 10.9 Å². The normalized spacial score (nSPS) is 30.2. The van der Waals surface area contributed by atoms with E-state index in [-0.39, 0.29) is 6.61 Å². The zero-order chi connectivity index (χ0) is 13.9. The second-order valence-electron chi connectivity index (χ2n) is 6.22. The number of aromatic nitrogens is 2. The molecule has 4 N–H and O–H groups in total. The lowest BCUT2D eigenvalue weighted by molar-refractivity contribution is 0.265. The van der Waals surface area contributed by atoms with Gasteiger partial charge >= 0.3 is 0 Å². The maximum absolute atomic E-state index is 9.10. The maximum Gasteiger partial charge on any atom is 0.0644 e. The predicted octanol–water partition coefficient (Wildman–Crippen LogP) is 1.11. The zero-order valence-electron chi connectivity index (χ0n) is 12.1. The van der Waals surface area contributed by atoms with Crippen LogP contribution in [-0.2, 0) is 13.0 Å². The van der Waals surface area contributed by atoms with Gasteiger partial charge in [-0.3, -0.25) is 4.68 Å². The molecule has 0 aliphatic heterocycles. The molecule has 1 saturated carbocycles. The van der Waals surface area contributed by atoms with Crippen LogP contribution < -0.4 is 11.1 Å². The molecule has 1 unspecified atom stereocenters. The lowest BCUT2D eigenvalue weighted by Crippen LogP contribution is -2.40. The van der Waals surface area contributed by atoms with Crippen molar-refractivity contribution in [1.82, 2.24) is 15.1 Å². The number of aliphatic hydroxyl groups excluding tert-OH is 1. The van der Waals surface area contributed by atoms with Crippen molar-refractivity contribution in [2.75, 3.05) is 6.61 Å².